The van der Waals surface area contributed by atoms with E-state index in [1.54, 1.807) is 20.8 Å². The summed E-state index contributed by atoms with van der Waals surface area (Å²) >= 11 is 0. The molecule has 0 aromatic heterocycles. The quantitative estimate of drug-likeness (QED) is 0.795. The van der Waals surface area contributed by atoms with Gasteiger partial charge in [0.15, 0.2) is 0 Å². The van der Waals surface area contributed by atoms with Crippen molar-refractivity contribution in [2.24, 2.45) is 5.92 Å². The lowest BCUT2D eigenvalue weighted by Crippen LogP contribution is -2.41. The minimum atomic E-state index is -1.000. The number of carbonyl (C=O) groups excluding carboxylic acids is 1. The molecule has 0 radical (unpaired) electrons. The number of carbonyl (C=O) groups is 2. The second kappa shape index (κ2) is 8.35. The van der Waals surface area contributed by atoms with Crippen LogP contribution in [0.1, 0.15) is 51.2 Å². The highest BCUT2D eigenvalue weighted by Crippen LogP contribution is 2.30. The number of carboxylic acid groups (broad SMARTS) is 1. The van der Waals surface area contributed by atoms with Gasteiger partial charge in [-0.05, 0) is 62.7 Å². The summed E-state index contributed by atoms with van der Waals surface area (Å²) in [4.78, 5) is 25.6. The van der Waals surface area contributed by atoms with Crippen LogP contribution in [0.2, 0.25) is 0 Å². The number of rotatable bonds is 6. The number of ether oxygens (including phenoxy) is 2. The molecule has 2 aliphatic rings. The molecule has 1 heterocycles. The third kappa shape index (κ3) is 5.58. The number of nitrogens with zero attached hydrogens (tertiary/aromatic N) is 1. The van der Waals surface area contributed by atoms with Crippen LogP contribution in [0.15, 0.2) is 29.8 Å². The molecular formula is C22H29NO5. The lowest BCUT2D eigenvalue weighted by atomic mass is 9.93. The van der Waals surface area contributed by atoms with Crippen molar-refractivity contribution in [1.82, 2.24) is 4.90 Å². The number of aliphatic carboxylic acids is 1. The first-order valence-corrected chi connectivity index (χ1v) is 9.83. The van der Waals surface area contributed by atoms with Gasteiger partial charge >= 0.3 is 12.1 Å². The van der Waals surface area contributed by atoms with Gasteiger partial charge in [-0.2, -0.15) is 0 Å². The van der Waals surface area contributed by atoms with E-state index < -0.39 is 17.7 Å². The first kappa shape index (κ1) is 20.4. The first-order valence-electron chi connectivity index (χ1n) is 9.83. The van der Waals surface area contributed by atoms with Gasteiger partial charge in [-0.25, -0.2) is 9.59 Å². The molecule has 0 saturated heterocycles. The van der Waals surface area contributed by atoms with E-state index in [1.165, 1.54) is 17.7 Å². The van der Waals surface area contributed by atoms with Crippen LogP contribution in [0.4, 0.5) is 4.79 Å². The zero-order valence-electron chi connectivity index (χ0n) is 16.9. The molecule has 3 rings (SSSR count). The second-order valence-corrected chi connectivity index (χ2v) is 8.57. The van der Waals surface area contributed by atoms with Crippen LogP contribution in [0, 0.1) is 5.92 Å². The number of amides is 1. The van der Waals surface area contributed by atoms with Crippen LogP contribution in [-0.2, 0) is 20.9 Å². The number of benzene rings is 1. The van der Waals surface area contributed by atoms with Gasteiger partial charge < -0.3 is 19.5 Å². The van der Waals surface area contributed by atoms with E-state index in [0.717, 1.165) is 29.2 Å². The summed E-state index contributed by atoms with van der Waals surface area (Å²) in [6.07, 6.45) is 2.54. The number of hydrogen-bond donors (Lipinski definition) is 1. The fraction of sp³-hybridized carbons (Fsp3) is 0.545. The smallest absolute Gasteiger partial charge is 0.410 e. The molecular weight excluding hydrogens is 358 g/mol. The fourth-order valence-corrected chi connectivity index (χ4v) is 3.19. The first-order chi connectivity index (χ1) is 13.2. The van der Waals surface area contributed by atoms with Crippen LogP contribution in [0.25, 0.3) is 5.57 Å². The molecule has 1 N–H and O–H groups in total. The number of carboxylic acids is 1. The molecule has 6 nitrogen and oxygen atoms in total. The van der Waals surface area contributed by atoms with Gasteiger partial charge in [-0.3, -0.25) is 0 Å². The second-order valence-electron chi connectivity index (χ2n) is 8.57. The lowest BCUT2D eigenvalue weighted by molar-refractivity contribution is -0.132. The van der Waals surface area contributed by atoms with Crippen molar-refractivity contribution in [2.75, 3.05) is 19.7 Å². The van der Waals surface area contributed by atoms with Crippen molar-refractivity contribution in [1.29, 1.82) is 0 Å². The van der Waals surface area contributed by atoms with Crippen molar-refractivity contribution in [3.8, 4) is 0 Å². The molecule has 152 valence electrons. The predicted octanol–water partition coefficient (Wildman–Crippen LogP) is 4.09. The van der Waals surface area contributed by atoms with E-state index in [0.29, 0.717) is 19.6 Å². The van der Waals surface area contributed by atoms with Crippen molar-refractivity contribution in [2.45, 2.75) is 52.2 Å². The van der Waals surface area contributed by atoms with Crippen LogP contribution in [-0.4, -0.2) is 47.4 Å². The minimum absolute atomic E-state index is 0.0475. The molecule has 6 heteroatoms. The Morgan fingerprint density at radius 3 is 2.43 bits per heavy atom. The van der Waals surface area contributed by atoms with Gasteiger partial charge in [-0.1, -0.05) is 24.3 Å². The molecule has 28 heavy (non-hydrogen) atoms. The van der Waals surface area contributed by atoms with Crippen molar-refractivity contribution >= 4 is 17.6 Å². The molecule has 0 bridgehead atoms. The van der Waals surface area contributed by atoms with E-state index in [2.05, 4.69) is 0 Å². The summed E-state index contributed by atoms with van der Waals surface area (Å²) in [6, 6.07) is 7.85. The Morgan fingerprint density at radius 1 is 1.18 bits per heavy atom. The molecule has 1 aromatic carbocycles. The average molecular weight is 387 g/mol. The predicted molar refractivity (Wildman–Crippen MR) is 106 cm³/mol. The van der Waals surface area contributed by atoms with Crippen molar-refractivity contribution < 1.29 is 24.2 Å². The van der Waals surface area contributed by atoms with E-state index in [-0.39, 0.29) is 12.1 Å². The zero-order chi connectivity index (χ0) is 20.3. The normalized spacial score (nSPS) is 17.6. The average Bonchev–Trinajstić information content (AvgIpc) is 3.45. The van der Waals surface area contributed by atoms with E-state index in [4.69, 9.17) is 9.47 Å². The molecule has 1 fully saturated rings. The third-order valence-electron chi connectivity index (χ3n) is 4.88. The van der Waals surface area contributed by atoms with Crippen LogP contribution in [0.3, 0.4) is 0 Å². The van der Waals surface area contributed by atoms with E-state index >= 15 is 0 Å². The Kier molecular flexibility index (Phi) is 6.08. The molecule has 0 unspecified atom stereocenters. The molecule has 1 aromatic rings. The Morgan fingerprint density at radius 2 is 1.86 bits per heavy atom. The topological polar surface area (TPSA) is 76.1 Å². The monoisotopic (exact) mass is 387 g/mol. The Hall–Kier alpha value is -2.34. The van der Waals surface area contributed by atoms with Gasteiger partial charge in [0.05, 0.1) is 18.7 Å². The molecule has 0 spiro atoms. The molecule has 0 atom stereocenters. The lowest BCUT2D eigenvalue weighted by Gasteiger charge is -2.31. The third-order valence-corrected chi connectivity index (χ3v) is 4.88. The summed E-state index contributed by atoms with van der Waals surface area (Å²) in [7, 11) is 0. The van der Waals surface area contributed by atoms with Crippen molar-refractivity contribution in [3.05, 3.63) is 41.0 Å². The Bertz CT molecular complexity index is 756. The van der Waals surface area contributed by atoms with Gasteiger partial charge in [0.2, 0.25) is 0 Å². The maximum absolute atomic E-state index is 12.3. The van der Waals surface area contributed by atoms with E-state index in [1.807, 2.05) is 24.3 Å². The summed E-state index contributed by atoms with van der Waals surface area (Å²) < 4.78 is 11.1. The van der Waals surface area contributed by atoms with Crippen molar-refractivity contribution in [3.63, 3.8) is 0 Å². The molecule has 1 saturated carbocycles. The Balaban J connectivity index is 1.69. The van der Waals surface area contributed by atoms with E-state index in [9.17, 15) is 14.7 Å². The van der Waals surface area contributed by atoms with Crippen LogP contribution in [0.5, 0.6) is 0 Å². The Labute approximate surface area is 166 Å². The summed E-state index contributed by atoms with van der Waals surface area (Å²) in [6.45, 7) is 7.27. The highest BCUT2D eigenvalue weighted by molar-refractivity contribution is 5.98. The molecule has 1 amide bonds. The highest BCUT2D eigenvalue weighted by atomic mass is 16.6. The van der Waals surface area contributed by atoms with Gasteiger partial charge in [-0.15, -0.1) is 0 Å². The zero-order valence-corrected chi connectivity index (χ0v) is 16.9. The van der Waals surface area contributed by atoms with Crippen LogP contribution >= 0.6 is 0 Å². The standard InChI is InChI=1S/C22H29NO5/c1-22(2,3)28-21(26)23-11-10-18(19(12-23)20(24)25)17-8-6-16(7-9-17)14-27-13-15-4-5-15/h6-9,15H,4-5,10-14H2,1-3H3,(H,24,25). The molecule has 1 aliphatic heterocycles. The summed E-state index contributed by atoms with van der Waals surface area (Å²) in [5, 5.41) is 9.67. The summed E-state index contributed by atoms with van der Waals surface area (Å²) in [5.41, 5.74) is 2.37. The highest BCUT2D eigenvalue weighted by Gasteiger charge is 2.30. The van der Waals surface area contributed by atoms with Gasteiger partial charge in [0.1, 0.15) is 5.60 Å². The van der Waals surface area contributed by atoms with Gasteiger partial charge in [0, 0.05) is 13.2 Å². The number of hydrogen-bond acceptors (Lipinski definition) is 4. The maximum Gasteiger partial charge on any atom is 0.410 e. The van der Waals surface area contributed by atoms with Gasteiger partial charge in [0.25, 0.3) is 0 Å². The SMILES string of the molecule is CC(C)(C)OC(=O)N1CCC(c2ccc(COCC3CC3)cc2)=C(C(=O)O)C1. The summed E-state index contributed by atoms with van der Waals surface area (Å²) in [5.74, 6) is -0.266. The largest absolute Gasteiger partial charge is 0.478 e. The molecule has 1 aliphatic carbocycles. The maximum atomic E-state index is 12.3. The fourth-order valence-electron chi connectivity index (χ4n) is 3.19. The minimum Gasteiger partial charge on any atom is -0.478 e. The van der Waals surface area contributed by atoms with Crippen LogP contribution < -0.4 is 0 Å².